The van der Waals surface area contributed by atoms with Gasteiger partial charge in [0.15, 0.2) is 11.5 Å². The highest BCUT2D eigenvalue weighted by molar-refractivity contribution is 7.92. The number of pyridine rings is 1. The number of nitrogens with zero attached hydrogens (tertiary/aromatic N) is 5. The molecule has 1 saturated carbocycles. The molecule has 58 heavy (non-hydrogen) atoms. The van der Waals surface area contributed by atoms with E-state index < -0.39 is 87.5 Å². The van der Waals surface area contributed by atoms with Gasteiger partial charge in [-0.25, -0.2) is 22.2 Å². The van der Waals surface area contributed by atoms with Gasteiger partial charge >= 0.3 is 6.18 Å². The maximum atomic E-state index is 15.4. The summed E-state index contributed by atoms with van der Waals surface area (Å²) in [5, 5.41) is 19.6. The zero-order valence-electron chi connectivity index (χ0n) is 30.3. The van der Waals surface area contributed by atoms with Gasteiger partial charge in [0.05, 0.1) is 47.1 Å². The maximum Gasteiger partial charge on any atom is 0.435 e. The number of anilines is 1. The number of halogens is 8. The summed E-state index contributed by atoms with van der Waals surface area (Å²) in [5.74, 6) is -3.75. The number of sulfonamides is 1. The summed E-state index contributed by atoms with van der Waals surface area (Å²) in [6, 6.07) is 7.22. The predicted molar refractivity (Wildman–Crippen MR) is 195 cm³/mol. The molecular formula is C37H31ClF7N7O5S. The first-order valence-corrected chi connectivity index (χ1v) is 19.7. The van der Waals surface area contributed by atoms with Gasteiger partial charge in [-0.1, -0.05) is 23.6 Å². The summed E-state index contributed by atoms with van der Waals surface area (Å²) in [5.41, 5.74) is -2.27. The lowest BCUT2D eigenvalue weighted by Gasteiger charge is -2.23. The molecule has 306 valence electrons. The zero-order chi connectivity index (χ0) is 41.9. The van der Waals surface area contributed by atoms with Crippen molar-refractivity contribution in [3.05, 3.63) is 93.0 Å². The van der Waals surface area contributed by atoms with Crippen LogP contribution in [0.4, 0.5) is 36.6 Å². The van der Waals surface area contributed by atoms with E-state index in [0.717, 1.165) is 18.4 Å². The van der Waals surface area contributed by atoms with E-state index in [1.807, 2.05) is 0 Å². The van der Waals surface area contributed by atoms with Gasteiger partial charge in [-0.05, 0) is 60.6 Å². The summed E-state index contributed by atoms with van der Waals surface area (Å²) in [4.78, 5) is 18.6. The second-order valence-electron chi connectivity index (χ2n) is 13.8. The van der Waals surface area contributed by atoms with Crippen molar-refractivity contribution in [3.8, 4) is 23.0 Å². The molecule has 12 nitrogen and oxygen atoms in total. The van der Waals surface area contributed by atoms with E-state index in [1.54, 1.807) is 6.07 Å². The van der Waals surface area contributed by atoms with Crippen LogP contribution in [0.15, 0.2) is 42.5 Å². The highest BCUT2D eigenvalue weighted by Gasteiger charge is 2.68. The van der Waals surface area contributed by atoms with E-state index in [2.05, 4.69) is 37.1 Å². The molecule has 3 heterocycles. The molecule has 1 fully saturated rings. The maximum absolute atomic E-state index is 15.4. The van der Waals surface area contributed by atoms with E-state index in [1.165, 1.54) is 29.9 Å². The lowest BCUT2D eigenvalue weighted by molar-refractivity contribution is -0.142. The van der Waals surface area contributed by atoms with Gasteiger partial charge in [0.2, 0.25) is 15.9 Å². The molecule has 3 atom stereocenters. The molecule has 0 saturated heterocycles. The Balaban J connectivity index is 1.37. The molecule has 0 spiro atoms. The number of aryl methyl sites for hydroxylation is 1. The summed E-state index contributed by atoms with van der Waals surface area (Å²) < 4.78 is 136. The van der Waals surface area contributed by atoms with Crippen molar-refractivity contribution >= 4 is 44.3 Å². The Morgan fingerprint density at radius 1 is 1.12 bits per heavy atom. The molecule has 0 radical (unpaired) electrons. The lowest BCUT2D eigenvalue weighted by Crippen LogP contribution is -2.35. The van der Waals surface area contributed by atoms with Crippen molar-refractivity contribution in [2.75, 3.05) is 30.8 Å². The van der Waals surface area contributed by atoms with Crippen molar-refractivity contribution < 1.29 is 53.8 Å². The Morgan fingerprint density at radius 2 is 1.83 bits per heavy atom. The fraction of sp³-hybridized carbons (Fsp3) is 0.351. The first kappa shape index (κ1) is 40.9. The second kappa shape index (κ2) is 15.2. The number of ether oxygens (including phenoxy) is 1. The summed E-state index contributed by atoms with van der Waals surface area (Å²) in [7, 11) is -2.35. The van der Waals surface area contributed by atoms with Gasteiger partial charge in [0, 0.05) is 35.7 Å². The molecule has 1 amide bonds. The van der Waals surface area contributed by atoms with Crippen molar-refractivity contribution in [2.45, 2.75) is 43.4 Å². The van der Waals surface area contributed by atoms with Crippen molar-refractivity contribution in [1.29, 1.82) is 0 Å². The van der Waals surface area contributed by atoms with E-state index >= 15 is 8.78 Å². The van der Waals surface area contributed by atoms with Crippen molar-refractivity contribution in [1.82, 2.24) is 29.9 Å². The van der Waals surface area contributed by atoms with Crippen LogP contribution >= 0.6 is 11.6 Å². The van der Waals surface area contributed by atoms with Crippen LogP contribution in [0.1, 0.15) is 52.3 Å². The standard InChI is InChI=1S/C37H31ClF7N7O5S/c1-51-32-23(7-8-26(38)30(32)35(49-51)50-58(2,55)56)22-6-5-21(4-3-10-57-11-9-53)46-31(22)27(14-18-12-19(39)15-20(40)13-18)47-28(54)17-52-34-29(33(48-52)37(43,44)45)24-16-25(24)36(34,41)42/h5-8,12-13,15,24-25,27,53H,9-11,14,16-17H2,1-2H3,(H,47,54)(H,49,50)/t24-,25?,27-/m0/s1. The average Bonchev–Trinajstić information content (AvgIpc) is 3.65. The van der Waals surface area contributed by atoms with Gasteiger partial charge in [-0.15, -0.1) is 0 Å². The van der Waals surface area contributed by atoms with Crippen LogP contribution in [0.5, 0.6) is 0 Å². The van der Waals surface area contributed by atoms with E-state index in [4.69, 9.17) is 21.4 Å². The Kier molecular flexibility index (Phi) is 10.7. The van der Waals surface area contributed by atoms with Crippen molar-refractivity contribution in [2.24, 2.45) is 13.0 Å². The first-order chi connectivity index (χ1) is 27.3. The minimum Gasteiger partial charge on any atom is -0.394 e. The highest BCUT2D eigenvalue weighted by atomic mass is 35.5. The summed E-state index contributed by atoms with van der Waals surface area (Å²) >= 11 is 6.56. The number of aliphatic hydroxyl groups excluding tert-OH is 1. The number of benzene rings is 2. The fourth-order valence-corrected chi connectivity index (χ4v) is 8.08. The largest absolute Gasteiger partial charge is 0.435 e. The molecule has 21 heteroatoms. The van der Waals surface area contributed by atoms with Crippen LogP contribution in [0, 0.1) is 29.4 Å². The molecule has 5 aromatic rings. The Bertz CT molecular complexity index is 2620. The molecule has 0 aliphatic heterocycles. The first-order valence-electron chi connectivity index (χ1n) is 17.4. The summed E-state index contributed by atoms with van der Waals surface area (Å²) in [6.45, 7) is -1.48. The van der Waals surface area contributed by atoms with E-state index in [-0.39, 0.29) is 70.5 Å². The van der Waals surface area contributed by atoms with Crippen LogP contribution in [0.2, 0.25) is 5.02 Å². The molecular weight excluding hydrogens is 823 g/mol. The number of carbonyl (C=O) groups is 1. The number of fused-ring (bicyclic) bond motifs is 4. The smallest absolute Gasteiger partial charge is 0.394 e. The molecule has 2 aliphatic rings. The number of hydrogen-bond donors (Lipinski definition) is 3. The quantitative estimate of drug-likeness (QED) is 0.0807. The molecule has 2 aliphatic carbocycles. The molecule has 2 aromatic carbocycles. The van der Waals surface area contributed by atoms with Gasteiger partial charge in [0.25, 0.3) is 5.92 Å². The molecule has 0 bridgehead atoms. The van der Waals surface area contributed by atoms with Gasteiger partial charge in [-0.3, -0.25) is 18.9 Å². The van der Waals surface area contributed by atoms with E-state index in [9.17, 15) is 35.2 Å². The molecule has 7 rings (SSSR count). The topological polar surface area (TPSA) is 153 Å². The highest BCUT2D eigenvalue weighted by Crippen LogP contribution is 2.68. The average molecular weight is 854 g/mol. The number of rotatable bonds is 12. The van der Waals surface area contributed by atoms with Crippen LogP contribution < -0.4 is 10.0 Å². The number of nitrogens with one attached hydrogen (secondary N) is 2. The minimum absolute atomic E-state index is 0.00294. The number of amides is 1. The fourth-order valence-electron chi connectivity index (χ4n) is 7.34. The molecule has 3 aromatic heterocycles. The van der Waals surface area contributed by atoms with Crippen LogP contribution in [0.3, 0.4) is 0 Å². The summed E-state index contributed by atoms with van der Waals surface area (Å²) in [6.07, 6.45) is -4.73. The molecule has 1 unspecified atom stereocenters. The van der Waals surface area contributed by atoms with Crippen LogP contribution in [-0.2, 0) is 51.7 Å². The van der Waals surface area contributed by atoms with Crippen LogP contribution in [-0.4, -0.2) is 70.1 Å². The third kappa shape index (κ3) is 8.08. The lowest BCUT2D eigenvalue weighted by atomic mass is 9.93. The number of aromatic nitrogens is 5. The zero-order valence-corrected chi connectivity index (χ0v) is 31.8. The Labute approximate surface area is 330 Å². The third-order valence-electron chi connectivity index (χ3n) is 9.58. The number of alkyl halides is 5. The van der Waals surface area contributed by atoms with Crippen molar-refractivity contribution in [3.63, 3.8) is 0 Å². The Hall–Kier alpha value is -5.23. The number of carbonyl (C=O) groups excluding carboxylic acids is 1. The monoisotopic (exact) mass is 853 g/mol. The van der Waals surface area contributed by atoms with Gasteiger partial charge in [0.1, 0.15) is 36.2 Å². The third-order valence-corrected chi connectivity index (χ3v) is 10.5. The normalized spacial score (nSPS) is 17.4. The Morgan fingerprint density at radius 3 is 2.50 bits per heavy atom. The number of hydrogen-bond acceptors (Lipinski definition) is 8. The number of aliphatic hydroxyl groups is 1. The minimum atomic E-state index is -5.08. The van der Waals surface area contributed by atoms with Crippen LogP contribution in [0.25, 0.3) is 22.0 Å². The van der Waals surface area contributed by atoms with Gasteiger partial charge < -0.3 is 15.2 Å². The SMILES string of the molecule is Cn1nc(NS(C)(=O)=O)c2c(Cl)ccc(-c3ccc(C#CCOCCO)nc3[C@H](Cc3cc(F)cc(F)c3)NC(=O)Cn3nc(C(F)(F)F)c4c3C(F)(F)C3C[C@H]43)c21. The van der Waals surface area contributed by atoms with Gasteiger partial charge in [-0.2, -0.15) is 32.1 Å². The predicted octanol–water partition coefficient (Wildman–Crippen LogP) is 5.82. The second-order valence-corrected chi connectivity index (χ2v) is 16.0. The van der Waals surface area contributed by atoms with E-state index in [0.29, 0.717) is 16.3 Å². The molecule has 3 N–H and O–H groups in total.